The molecular weight excluding hydrogens is 418 g/mol. The van der Waals surface area contributed by atoms with Gasteiger partial charge in [0.2, 0.25) is 0 Å². The molecule has 0 spiro atoms. The monoisotopic (exact) mass is 445 g/mol. The lowest BCUT2D eigenvalue weighted by molar-refractivity contribution is 0.0937. The lowest BCUT2D eigenvalue weighted by Gasteiger charge is -2.17. The fourth-order valence-electron chi connectivity index (χ4n) is 3.95. The van der Waals surface area contributed by atoms with Crippen molar-refractivity contribution in [2.75, 3.05) is 13.7 Å². The average Bonchev–Trinajstić information content (AvgIpc) is 2.82. The minimum atomic E-state index is -0.410. The van der Waals surface area contributed by atoms with Crippen molar-refractivity contribution >= 4 is 22.6 Å². The first-order valence-electron chi connectivity index (χ1n) is 10.9. The van der Waals surface area contributed by atoms with Crippen LogP contribution >= 0.6 is 0 Å². The normalized spacial score (nSPS) is 12.2. The zero-order valence-corrected chi connectivity index (χ0v) is 19.0. The second-order valence-corrected chi connectivity index (χ2v) is 8.05. The highest BCUT2D eigenvalue weighted by Crippen LogP contribution is 2.15. The summed E-state index contributed by atoms with van der Waals surface area (Å²) in [5.41, 5.74) is 2.60. The van der Waals surface area contributed by atoms with Gasteiger partial charge in [-0.05, 0) is 43.5 Å². The number of nitrogens with one attached hydrogen (secondary N) is 2. The van der Waals surface area contributed by atoms with Crippen LogP contribution in [-0.2, 0) is 11.3 Å². The molecule has 2 N–H and O–H groups in total. The van der Waals surface area contributed by atoms with Gasteiger partial charge >= 0.3 is 0 Å². The van der Waals surface area contributed by atoms with Crippen molar-refractivity contribution in [2.24, 2.45) is 0 Å². The van der Waals surface area contributed by atoms with E-state index in [1.165, 1.54) is 10.5 Å². The molecule has 3 aromatic heterocycles. The number of hydrogen-bond donors (Lipinski definition) is 2. The van der Waals surface area contributed by atoms with E-state index in [1.54, 1.807) is 23.9 Å². The molecule has 0 saturated carbocycles. The number of benzene rings is 1. The standard InChI is InChI=1S/C25H27N5O3/c1-16-9-7-12-30-22(16)28-23-20(25(30)32)15-19(21(26)29(23)13-8-14-33-3)24(31)27-17(2)18-10-5-4-6-11-18/h4-7,9-12,15,17,26H,8,13-14H2,1-3H3,(H,27,31). The Balaban J connectivity index is 1.88. The van der Waals surface area contributed by atoms with Crippen molar-refractivity contribution in [1.29, 1.82) is 5.41 Å². The van der Waals surface area contributed by atoms with E-state index in [2.05, 4.69) is 5.32 Å². The molecule has 8 heteroatoms. The van der Waals surface area contributed by atoms with Gasteiger partial charge in [0.15, 0.2) is 0 Å². The summed E-state index contributed by atoms with van der Waals surface area (Å²) in [6, 6.07) is 14.5. The number of amides is 1. The lowest BCUT2D eigenvalue weighted by atomic mass is 10.1. The number of ether oxygens (including phenoxy) is 1. The summed E-state index contributed by atoms with van der Waals surface area (Å²) in [5.74, 6) is -0.410. The summed E-state index contributed by atoms with van der Waals surface area (Å²) in [4.78, 5) is 31.3. The summed E-state index contributed by atoms with van der Waals surface area (Å²) >= 11 is 0. The van der Waals surface area contributed by atoms with Gasteiger partial charge in [0.1, 0.15) is 16.8 Å². The number of carbonyl (C=O) groups excluding carboxylic acids is 1. The number of pyridine rings is 2. The number of nitrogens with zero attached hydrogens (tertiary/aromatic N) is 3. The van der Waals surface area contributed by atoms with Crippen molar-refractivity contribution in [2.45, 2.75) is 32.9 Å². The Morgan fingerprint density at radius 1 is 1.18 bits per heavy atom. The molecule has 33 heavy (non-hydrogen) atoms. The largest absolute Gasteiger partial charge is 0.385 e. The Morgan fingerprint density at radius 2 is 1.94 bits per heavy atom. The first-order valence-corrected chi connectivity index (χ1v) is 10.9. The third-order valence-electron chi connectivity index (χ3n) is 5.76. The van der Waals surface area contributed by atoms with Gasteiger partial charge < -0.3 is 14.6 Å². The van der Waals surface area contributed by atoms with Crippen molar-refractivity contribution in [3.05, 3.63) is 87.3 Å². The van der Waals surface area contributed by atoms with Crippen LogP contribution in [0, 0.1) is 12.3 Å². The zero-order valence-electron chi connectivity index (χ0n) is 19.0. The third kappa shape index (κ3) is 4.29. The molecule has 1 atom stereocenters. The molecule has 0 bridgehead atoms. The second-order valence-electron chi connectivity index (χ2n) is 8.05. The molecule has 1 amide bonds. The van der Waals surface area contributed by atoms with Crippen LogP contribution in [0.5, 0.6) is 0 Å². The second kappa shape index (κ2) is 9.38. The maximum Gasteiger partial charge on any atom is 0.267 e. The quantitative estimate of drug-likeness (QED) is 0.337. The zero-order chi connectivity index (χ0) is 23.5. The number of carbonyl (C=O) groups is 1. The van der Waals surface area contributed by atoms with E-state index < -0.39 is 5.91 Å². The van der Waals surface area contributed by atoms with E-state index in [9.17, 15) is 9.59 Å². The Labute approximate surface area is 191 Å². The molecule has 0 aliphatic rings. The predicted octanol–water partition coefficient (Wildman–Crippen LogP) is 2.96. The Morgan fingerprint density at radius 3 is 2.67 bits per heavy atom. The van der Waals surface area contributed by atoms with Crippen LogP contribution in [0.2, 0.25) is 0 Å². The molecule has 0 aliphatic heterocycles. The number of aromatic nitrogens is 3. The van der Waals surface area contributed by atoms with Crippen LogP contribution in [0.3, 0.4) is 0 Å². The minimum Gasteiger partial charge on any atom is -0.385 e. The van der Waals surface area contributed by atoms with Crippen molar-refractivity contribution in [3.8, 4) is 0 Å². The highest BCUT2D eigenvalue weighted by atomic mass is 16.5. The van der Waals surface area contributed by atoms with Crippen LogP contribution in [0.25, 0.3) is 16.7 Å². The van der Waals surface area contributed by atoms with Crippen LogP contribution in [0.1, 0.15) is 40.9 Å². The van der Waals surface area contributed by atoms with E-state index in [0.717, 1.165) is 11.1 Å². The summed E-state index contributed by atoms with van der Waals surface area (Å²) in [6.07, 6.45) is 2.28. The van der Waals surface area contributed by atoms with Crippen LogP contribution in [0.4, 0.5) is 0 Å². The summed E-state index contributed by atoms with van der Waals surface area (Å²) in [7, 11) is 1.61. The third-order valence-corrected chi connectivity index (χ3v) is 5.76. The fourth-order valence-corrected chi connectivity index (χ4v) is 3.95. The number of methoxy groups -OCH3 is 1. The van der Waals surface area contributed by atoms with Crippen molar-refractivity contribution < 1.29 is 9.53 Å². The molecule has 4 aromatic rings. The van der Waals surface area contributed by atoms with Crippen LogP contribution in [0.15, 0.2) is 59.5 Å². The van der Waals surface area contributed by atoms with E-state index in [0.29, 0.717) is 36.3 Å². The number of aryl methyl sites for hydroxylation is 2. The van der Waals surface area contributed by atoms with Gasteiger partial charge in [0.25, 0.3) is 11.5 Å². The smallest absolute Gasteiger partial charge is 0.267 e. The maximum atomic E-state index is 13.3. The molecule has 0 radical (unpaired) electrons. The van der Waals surface area contributed by atoms with Gasteiger partial charge in [0.05, 0.1) is 17.0 Å². The Kier molecular flexibility index (Phi) is 6.37. The average molecular weight is 446 g/mol. The first-order chi connectivity index (χ1) is 15.9. The number of hydrogen-bond acceptors (Lipinski definition) is 5. The van der Waals surface area contributed by atoms with Gasteiger partial charge in [0, 0.05) is 26.5 Å². The van der Waals surface area contributed by atoms with Gasteiger partial charge in [-0.3, -0.25) is 19.4 Å². The molecule has 3 heterocycles. The Hall–Kier alpha value is -3.78. The molecule has 0 aliphatic carbocycles. The highest BCUT2D eigenvalue weighted by molar-refractivity contribution is 5.97. The minimum absolute atomic E-state index is 0.0150. The van der Waals surface area contributed by atoms with E-state index in [-0.39, 0.29) is 22.7 Å². The van der Waals surface area contributed by atoms with Crippen LogP contribution in [-0.4, -0.2) is 33.6 Å². The molecule has 8 nitrogen and oxygen atoms in total. The fraction of sp³-hybridized carbons (Fsp3) is 0.280. The van der Waals surface area contributed by atoms with Gasteiger partial charge in [-0.15, -0.1) is 0 Å². The molecular formula is C25H27N5O3. The van der Waals surface area contributed by atoms with Crippen LogP contribution < -0.4 is 16.4 Å². The number of fused-ring (bicyclic) bond motifs is 2. The molecule has 0 fully saturated rings. The van der Waals surface area contributed by atoms with E-state index in [1.807, 2.05) is 50.2 Å². The molecule has 170 valence electrons. The topological polar surface area (TPSA) is 101 Å². The Bertz CT molecular complexity index is 1440. The lowest BCUT2D eigenvalue weighted by Crippen LogP contribution is -2.36. The van der Waals surface area contributed by atoms with E-state index >= 15 is 0 Å². The summed E-state index contributed by atoms with van der Waals surface area (Å²) in [6.45, 7) is 4.66. The van der Waals surface area contributed by atoms with Crippen molar-refractivity contribution in [3.63, 3.8) is 0 Å². The molecule has 0 saturated heterocycles. The van der Waals surface area contributed by atoms with Crippen molar-refractivity contribution in [1.82, 2.24) is 19.3 Å². The van der Waals surface area contributed by atoms with Gasteiger partial charge in [-0.25, -0.2) is 4.98 Å². The molecule has 1 aromatic carbocycles. The SMILES string of the molecule is COCCCn1c(=N)c(C(=O)NC(C)c2ccccc2)cc2c(=O)n3cccc(C)c3nc21. The molecule has 4 rings (SSSR count). The molecule has 1 unspecified atom stereocenters. The van der Waals surface area contributed by atoms with Gasteiger partial charge in [-0.2, -0.15) is 0 Å². The predicted molar refractivity (Wildman–Crippen MR) is 126 cm³/mol. The van der Waals surface area contributed by atoms with E-state index in [4.69, 9.17) is 15.1 Å². The summed E-state index contributed by atoms with van der Waals surface area (Å²) < 4.78 is 8.28. The number of rotatable bonds is 7. The first kappa shape index (κ1) is 22.4. The maximum absolute atomic E-state index is 13.3. The highest BCUT2D eigenvalue weighted by Gasteiger charge is 2.19. The van der Waals surface area contributed by atoms with Gasteiger partial charge in [-0.1, -0.05) is 36.4 Å². The summed E-state index contributed by atoms with van der Waals surface area (Å²) in [5, 5.41) is 12.0.